The van der Waals surface area contributed by atoms with Crippen LogP contribution in [-0.4, -0.2) is 34.7 Å². The Morgan fingerprint density at radius 1 is 1.03 bits per heavy atom. The number of aliphatic imine (C=N–C) groups is 1. The molecule has 0 bridgehead atoms. The Bertz CT molecular complexity index is 1180. The molecular weight excluding hydrogens is 448 g/mol. The Hall–Kier alpha value is -3.27. The summed E-state index contributed by atoms with van der Waals surface area (Å²) in [7, 11) is 0. The van der Waals surface area contributed by atoms with E-state index in [1.807, 2.05) is 0 Å². The average Bonchev–Trinajstić information content (AvgIpc) is 2.80. The molecular formula is C20H14Cl2FN5O3. The summed E-state index contributed by atoms with van der Waals surface area (Å²) in [6.07, 6.45) is 1.08. The van der Waals surface area contributed by atoms with Crippen molar-refractivity contribution in [3.8, 4) is 23.3 Å². The number of benzene rings is 2. The van der Waals surface area contributed by atoms with Crippen LogP contribution in [0, 0.1) is 11.2 Å². The van der Waals surface area contributed by atoms with Gasteiger partial charge in [-0.2, -0.15) is 14.4 Å². The van der Waals surface area contributed by atoms with Gasteiger partial charge in [0.25, 0.3) is 11.8 Å². The molecule has 4 rings (SSSR count). The molecule has 0 aliphatic carbocycles. The fourth-order valence-corrected chi connectivity index (χ4v) is 2.96. The van der Waals surface area contributed by atoms with Crippen LogP contribution in [0.15, 0.2) is 53.8 Å². The van der Waals surface area contributed by atoms with Crippen molar-refractivity contribution in [1.82, 2.24) is 15.4 Å². The minimum absolute atomic E-state index is 0.0203. The lowest BCUT2D eigenvalue weighted by Gasteiger charge is -2.17. The highest BCUT2D eigenvalue weighted by molar-refractivity contribution is 6.46. The molecule has 8 nitrogen and oxygen atoms in total. The van der Waals surface area contributed by atoms with E-state index in [0.717, 1.165) is 6.33 Å². The van der Waals surface area contributed by atoms with Gasteiger partial charge in [-0.3, -0.25) is 15.2 Å². The summed E-state index contributed by atoms with van der Waals surface area (Å²) in [6.45, 7) is 0.821. The summed E-state index contributed by atoms with van der Waals surface area (Å²) in [5.41, 5.74) is 2.97. The average molecular weight is 462 g/mol. The molecule has 0 unspecified atom stereocenters. The third-order valence-electron chi connectivity index (χ3n) is 4.08. The van der Waals surface area contributed by atoms with Crippen LogP contribution in [0.4, 0.5) is 4.39 Å². The summed E-state index contributed by atoms with van der Waals surface area (Å²) in [5, 5.41) is 8.76. The maximum atomic E-state index is 15.0. The fourth-order valence-electron chi connectivity index (χ4n) is 2.63. The van der Waals surface area contributed by atoms with E-state index in [1.54, 1.807) is 36.4 Å². The predicted molar refractivity (Wildman–Crippen MR) is 113 cm³/mol. The smallest absolute Gasteiger partial charge is 0.263 e. The van der Waals surface area contributed by atoms with Gasteiger partial charge in [0, 0.05) is 5.56 Å². The van der Waals surface area contributed by atoms with Gasteiger partial charge >= 0.3 is 0 Å². The minimum Gasteiger partial charge on any atom is -0.436 e. The number of para-hydroxylation sites is 1. The molecule has 0 saturated heterocycles. The van der Waals surface area contributed by atoms with Crippen molar-refractivity contribution in [2.45, 2.75) is 0 Å². The highest BCUT2D eigenvalue weighted by Crippen LogP contribution is 2.36. The topological polar surface area (TPSA) is 102 Å². The number of nitrogens with one attached hydrogen (secondary N) is 2. The Morgan fingerprint density at radius 2 is 1.74 bits per heavy atom. The van der Waals surface area contributed by atoms with Gasteiger partial charge in [-0.05, 0) is 24.3 Å². The molecule has 2 aromatic carbocycles. The van der Waals surface area contributed by atoms with E-state index >= 15 is 4.39 Å². The van der Waals surface area contributed by atoms with Crippen molar-refractivity contribution in [2.75, 3.05) is 13.2 Å². The van der Waals surface area contributed by atoms with Crippen LogP contribution in [-0.2, 0) is 4.84 Å². The lowest BCUT2D eigenvalue weighted by molar-refractivity contribution is 0.0838. The molecule has 11 heteroatoms. The number of hydrogen-bond acceptors (Lipinski definition) is 8. The lowest BCUT2D eigenvalue weighted by atomic mass is 10.1. The zero-order chi connectivity index (χ0) is 21.8. The number of hydrogen-bond donors (Lipinski definition) is 2. The molecule has 0 radical (unpaired) electrons. The molecule has 0 fully saturated rings. The van der Waals surface area contributed by atoms with E-state index in [0.29, 0.717) is 18.7 Å². The molecule has 3 aromatic rings. The second kappa shape index (κ2) is 9.25. The highest BCUT2D eigenvalue weighted by Gasteiger charge is 2.21. The van der Waals surface area contributed by atoms with Crippen molar-refractivity contribution in [3.05, 3.63) is 70.2 Å². The highest BCUT2D eigenvalue weighted by atomic mass is 35.5. The number of nitrogens with zero attached hydrogens (tertiary/aromatic N) is 3. The Labute approximate surface area is 186 Å². The Morgan fingerprint density at radius 3 is 2.48 bits per heavy atom. The molecule has 31 heavy (non-hydrogen) atoms. The van der Waals surface area contributed by atoms with Crippen LogP contribution in [0.2, 0.25) is 10.0 Å². The minimum atomic E-state index is -0.948. The van der Waals surface area contributed by atoms with E-state index in [2.05, 4.69) is 20.4 Å². The summed E-state index contributed by atoms with van der Waals surface area (Å²) in [4.78, 5) is 17.0. The van der Waals surface area contributed by atoms with Crippen LogP contribution in [0.1, 0.15) is 5.56 Å². The van der Waals surface area contributed by atoms with Crippen molar-refractivity contribution < 1.29 is 18.7 Å². The third-order valence-corrected chi connectivity index (χ3v) is 4.88. The first-order valence-corrected chi connectivity index (χ1v) is 9.71. The van der Waals surface area contributed by atoms with Gasteiger partial charge < -0.3 is 9.47 Å². The first-order valence-electron chi connectivity index (χ1n) is 8.95. The number of halogens is 3. The van der Waals surface area contributed by atoms with Gasteiger partial charge in [0.05, 0.1) is 18.2 Å². The quantitative estimate of drug-likeness (QED) is 0.510. The first kappa shape index (κ1) is 21.0. The normalized spacial score (nSPS) is 13.2. The van der Waals surface area contributed by atoms with Crippen LogP contribution in [0.3, 0.4) is 0 Å². The van der Waals surface area contributed by atoms with Crippen LogP contribution < -0.4 is 15.0 Å². The molecule has 0 atom stereocenters. The predicted octanol–water partition coefficient (Wildman–Crippen LogP) is 4.81. The third kappa shape index (κ3) is 4.58. The van der Waals surface area contributed by atoms with Gasteiger partial charge in [-0.15, -0.1) is 0 Å². The molecule has 0 spiro atoms. The number of amidine groups is 1. The van der Waals surface area contributed by atoms with Crippen LogP contribution >= 0.6 is 23.2 Å². The fraction of sp³-hybridized carbons (Fsp3) is 0.100. The van der Waals surface area contributed by atoms with Gasteiger partial charge in [-0.25, -0.2) is 5.48 Å². The van der Waals surface area contributed by atoms with Gasteiger partial charge in [0.1, 0.15) is 28.6 Å². The summed E-state index contributed by atoms with van der Waals surface area (Å²) < 4.78 is 26.1. The number of rotatable bonds is 6. The second-order valence-corrected chi connectivity index (χ2v) is 6.89. The molecule has 0 saturated carbocycles. The maximum Gasteiger partial charge on any atom is 0.263 e. The van der Waals surface area contributed by atoms with Crippen molar-refractivity contribution in [2.24, 2.45) is 4.99 Å². The van der Waals surface area contributed by atoms with Crippen LogP contribution in [0.5, 0.6) is 23.3 Å². The van der Waals surface area contributed by atoms with Gasteiger partial charge in [0.2, 0.25) is 5.82 Å². The standard InChI is InChI=1S/C20H14Cl2FN5O3/c21-12-5-3-7-14(15(12)22)31-20-16(23)19(26-10-27-20)30-13-6-2-1-4-11(13)17(24)18-25-8-9-29-28-18/h1-7,10,24H,8-9H2,(H,25,28). The Balaban J connectivity index is 1.62. The van der Waals surface area contributed by atoms with E-state index in [4.69, 9.17) is 42.9 Å². The molecule has 1 aliphatic rings. The molecule has 1 aliphatic heterocycles. The van der Waals surface area contributed by atoms with Gasteiger partial charge in [-0.1, -0.05) is 41.4 Å². The first-order chi connectivity index (χ1) is 15.0. The summed E-state index contributed by atoms with van der Waals surface area (Å²) in [6, 6.07) is 11.3. The lowest BCUT2D eigenvalue weighted by Crippen LogP contribution is -2.36. The maximum absolute atomic E-state index is 15.0. The largest absolute Gasteiger partial charge is 0.436 e. The number of hydroxylamine groups is 1. The monoisotopic (exact) mass is 461 g/mol. The number of aromatic nitrogens is 2. The molecule has 158 valence electrons. The van der Waals surface area contributed by atoms with E-state index < -0.39 is 17.6 Å². The molecule has 1 aromatic heterocycles. The summed E-state index contributed by atoms with van der Waals surface area (Å²) >= 11 is 12.1. The summed E-state index contributed by atoms with van der Waals surface area (Å²) in [5.74, 6) is -1.18. The molecule has 0 amide bonds. The van der Waals surface area contributed by atoms with Crippen molar-refractivity contribution >= 4 is 34.7 Å². The second-order valence-electron chi connectivity index (χ2n) is 6.11. The van der Waals surface area contributed by atoms with E-state index in [1.165, 1.54) is 6.07 Å². The van der Waals surface area contributed by atoms with Gasteiger partial charge in [0.15, 0.2) is 5.84 Å². The zero-order valence-corrected chi connectivity index (χ0v) is 17.2. The number of ether oxygens (including phenoxy) is 2. The van der Waals surface area contributed by atoms with Crippen LogP contribution in [0.25, 0.3) is 0 Å². The molecule has 2 heterocycles. The Kier molecular flexibility index (Phi) is 6.26. The van der Waals surface area contributed by atoms with Crippen molar-refractivity contribution in [1.29, 1.82) is 5.41 Å². The van der Waals surface area contributed by atoms with E-state index in [-0.39, 0.29) is 33.1 Å². The van der Waals surface area contributed by atoms with Crippen molar-refractivity contribution in [3.63, 3.8) is 0 Å². The molecule has 2 N–H and O–H groups in total. The SMILES string of the molecule is N=C(C1=NCCON1)c1ccccc1Oc1ncnc(Oc2cccc(Cl)c2Cl)c1F. The van der Waals surface area contributed by atoms with E-state index in [9.17, 15) is 0 Å². The zero-order valence-electron chi connectivity index (χ0n) is 15.7.